The molecule has 4 atom stereocenters. The van der Waals surface area contributed by atoms with Crippen molar-refractivity contribution in [3.63, 3.8) is 0 Å². The molecular formula is C20H22N4O4. The van der Waals surface area contributed by atoms with E-state index < -0.39 is 23.8 Å². The molecule has 1 aromatic rings. The predicted molar refractivity (Wildman–Crippen MR) is 98.2 cm³/mol. The van der Waals surface area contributed by atoms with E-state index in [1.165, 1.54) is 6.42 Å². The number of hydrogen-bond acceptors (Lipinski definition) is 6. The number of nitrogens with zero attached hydrogens (tertiary/aromatic N) is 1. The molecule has 1 saturated carbocycles. The summed E-state index contributed by atoms with van der Waals surface area (Å²) in [5.74, 6) is -0.282. The first-order chi connectivity index (χ1) is 13.5. The summed E-state index contributed by atoms with van der Waals surface area (Å²) in [5.41, 5.74) is 1.46. The summed E-state index contributed by atoms with van der Waals surface area (Å²) in [6, 6.07) is 4.77. The fourth-order valence-electron chi connectivity index (χ4n) is 4.77. The van der Waals surface area contributed by atoms with E-state index in [0.717, 1.165) is 35.4 Å². The highest BCUT2D eigenvalue weighted by molar-refractivity contribution is 6.24. The molecule has 8 nitrogen and oxygen atoms in total. The predicted octanol–water partition coefficient (Wildman–Crippen LogP) is -0.215. The number of carbonyl (C=O) groups is 4. The highest BCUT2D eigenvalue weighted by Crippen LogP contribution is 2.44. The number of amides is 4. The summed E-state index contributed by atoms with van der Waals surface area (Å²) in [6.07, 6.45) is 1.59. The molecule has 3 fully saturated rings. The van der Waals surface area contributed by atoms with E-state index >= 15 is 0 Å². The largest absolute Gasteiger partial charge is 0.312 e. The molecule has 28 heavy (non-hydrogen) atoms. The molecule has 0 aromatic heterocycles. The Morgan fingerprint density at radius 3 is 2.71 bits per heavy atom. The van der Waals surface area contributed by atoms with Crippen molar-refractivity contribution in [1.82, 2.24) is 20.9 Å². The van der Waals surface area contributed by atoms with Crippen LogP contribution in [0, 0.1) is 11.8 Å². The van der Waals surface area contributed by atoms with Crippen LogP contribution >= 0.6 is 0 Å². The van der Waals surface area contributed by atoms with E-state index in [0.29, 0.717) is 23.7 Å². The van der Waals surface area contributed by atoms with Crippen LogP contribution in [-0.4, -0.2) is 53.7 Å². The summed E-state index contributed by atoms with van der Waals surface area (Å²) in [5, 5.41) is 9.13. The fraction of sp³-hybridized carbons (Fsp3) is 0.500. The standard InChI is InChI=1S/C20H22N4O4/c25-16-5-4-15(18(26)23-16)24-19(27)12-3-1-2-10(17(12)20(24)28)7-21-9-14-13-6-11(13)8-22-14/h1-3,11,13-15,21-22H,4-9H2,(H,23,25,26)/t11-,13-,14+,15?/m0/s1. The first kappa shape index (κ1) is 17.5. The van der Waals surface area contributed by atoms with Gasteiger partial charge in [0.15, 0.2) is 0 Å². The van der Waals surface area contributed by atoms with Crippen molar-refractivity contribution in [2.75, 3.05) is 13.1 Å². The molecule has 1 aliphatic carbocycles. The number of imide groups is 2. The zero-order chi connectivity index (χ0) is 19.4. The maximum Gasteiger partial charge on any atom is 0.262 e. The van der Waals surface area contributed by atoms with Crippen LogP contribution in [0.3, 0.4) is 0 Å². The molecule has 0 radical (unpaired) electrons. The Labute approximate surface area is 162 Å². The average molecular weight is 382 g/mol. The van der Waals surface area contributed by atoms with Gasteiger partial charge in [0.05, 0.1) is 11.1 Å². The molecule has 3 heterocycles. The Kier molecular flexibility index (Phi) is 4.06. The molecule has 4 aliphatic rings. The molecule has 3 aliphatic heterocycles. The van der Waals surface area contributed by atoms with Crippen LogP contribution < -0.4 is 16.0 Å². The molecule has 4 amide bonds. The second-order valence-electron chi connectivity index (χ2n) is 8.09. The molecule has 1 unspecified atom stereocenters. The van der Waals surface area contributed by atoms with Crippen LogP contribution in [-0.2, 0) is 16.1 Å². The number of piperidine rings is 2. The van der Waals surface area contributed by atoms with E-state index in [2.05, 4.69) is 16.0 Å². The minimum atomic E-state index is -0.930. The third kappa shape index (κ3) is 2.75. The summed E-state index contributed by atoms with van der Waals surface area (Å²) < 4.78 is 0. The third-order valence-electron chi connectivity index (χ3n) is 6.37. The Morgan fingerprint density at radius 2 is 2.00 bits per heavy atom. The van der Waals surface area contributed by atoms with Gasteiger partial charge in [0.1, 0.15) is 6.04 Å². The van der Waals surface area contributed by atoms with Gasteiger partial charge in [-0.3, -0.25) is 29.4 Å². The summed E-state index contributed by atoms with van der Waals surface area (Å²) in [6.45, 7) is 2.40. The van der Waals surface area contributed by atoms with E-state index in [4.69, 9.17) is 0 Å². The third-order valence-corrected chi connectivity index (χ3v) is 6.37. The van der Waals surface area contributed by atoms with Gasteiger partial charge in [-0.1, -0.05) is 12.1 Å². The molecule has 0 spiro atoms. The SMILES string of the molecule is O=C1CCC(N2C(=O)c3cccc(CNC[C@H]4NC[C@@H]5C[C@@H]54)c3C2=O)C(=O)N1. The summed E-state index contributed by atoms with van der Waals surface area (Å²) in [4.78, 5) is 50.4. The Bertz CT molecular complexity index is 898. The van der Waals surface area contributed by atoms with E-state index in [9.17, 15) is 19.2 Å². The van der Waals surface area contributed by atoms with Crippen LogP contribution in [0.1, 0.15) is 45.5 Å². The lowest BCUT2D eigenvalue weighted by Crippen LogP contribution is -2.54. The van der Waals surface area contributed by atoms with Crippen molar-refractivity contribution >= 4 is 23.6 Å². The van der Waals surface area contributed by atoms with Crippen LogP contribution in [0.15, 0.2) is 18.2 Å². The smallest absolute Gasteiger partial charge is 0.262 e. The maximum atomic E-state index is 13.0. The van der Waals surface area contributed by atoms with Crippen molar-refractivity contribution in [1.29, 1.82) is 0 Å². The van der Waals surface area contributed by atoms with Gasteiger partial charge in [0, 0.05) is 25.6 Å². The molecule has 5 rings (SSSR count). The summed E-state index contributed by atoms with van der Waals surface area (Å²) in [7, 11) is 0. The van der Waals surface area contributed by atoms with Crippen LogP contribution in [0.25, 0.3) is 0 Å². The normalized spacial score (nSPS) is 31.1. The van der Waals surface area contributed by atoms with E-state index in [-0.39, 0.29) is 18.7 Å². The first-order valence-electron chi connectivity index (χ1n) is 9.82. The lowest BCUT2D eigenvalue weighted by Gasteiger charge is -2.27. The Balaban J connectivity index is 1.32. The Morgan fingerprint density at radius 1 is 1.14 bits per heavy atom. The molecule has 1 aromatic carbocycles. The lowest BCUT2D eigenvalue weighted by molar-refractivity contribution is -0.136. The zero-order valence-corrected chi connectivity index (χ0v) is 15.4. The number of carbonyl (C=O) groups excluding carboxylic acids is 4. The molecule has 0 bridgehead atoms. The summed E-state index contributed by atoms with van der Waals surface area (Å²) >= 11 is 0. The van der Waals surface area contributed by atoms with E-state index in [1.807, 2.05) is 6.07 Å². The second-order valence-corrected chi connectivity index (χ2v) is 8.09. The minimum absolute atomic E-state index is 0.120. The van der Waals surface area contributed by atoms with Gasteiger partial charge in [-0.2, -0.15) is 0 Å². The quantitative estimate of drug-likeness (QED) is 0.608. The van der Waals surface area contributed by atoms with Crippen molar-refractivity contribution in [2.24, 2.45) is 11.8 Å². The fourth-order valence-corrected chi connectivity index (χ4v) is 4.77. The Hall–Kier alpha value is -2.58. The first-order valence-corrected chi connectivity index (χ1v) is 9.82. The van der Waals surface area contributed by atoms with Crippen LogP contribution in [0.2, 0.25) is 0 Å². The van der Waals surface area contributed by atoms with Crippen molar-refractivity contribution < 1.29 is 19.2 Å². The molecular weight excluding hydrogens is 360 g/mol. The second kappa shape index (κ2) is 6.49. The molecule has 8 heteroatoms. The van der Waals surface area contributed by atoms with Gasteiger partial charge in [0.25, 0.3) is 11.8 Å². The molecule has 3 N–H and O–H groups in total. The number of hydrogen-bond donors (Lipinski definition) is 3. The topological polar surface area (TPSA) is 108 Å². The van der Waals surface area contributed by atoms with Gasteiger partial charge < -0.3 is 10.6 Å². The lowest BCUT2D eigenvalue weighted by atomic mass is 10.0. The molecule has 2 saturated heterocycles. The highest BCUT2D eigenvalue weighted by Gasteiger charge is 2.48. The van der Waals surface area contributed by atoms with Crippen molar-refractivity contribution in [3.05, 3.63) is 34.9 Å². The van der Waals surface area contributed by atoms with Gasteiger partial charge in [-0.05, 0) is 42.9 Å². The van der Waals surface area contributed by atoms with Crippen LogP contribution in [0.5, 0.6) is 0 Å². The maximum absolute atomic E-state index is 13.0. The van der Waals surface area contributed by atoms with E-state index in [1.54, 1.807) is 12.1 Å². The van der Waals surface area contributed by atoms with Gasteiger partial charge in [-0.25, -0.2) is 0 Å². The molecule has 146 valence electrons. The van der Waals surface area contributed by atoms with Crippen molar-refractivity contribution in [3.8, 4) is 0 Å². The van der Waals surface area contributed by atoms with Crippen molar-refractivity contribution in [2.45, 2.75) is 37.9 Å². The minimum Gasteiger partial charge on any atom is -0.312 e. The average Bonchev–Trinajstić information content (AvgIpc) is 3.28. The van der Waals surface area contributed by atoms with Gasteiger partial charge in [0.2, 0.25) is 11.8 Å². The number of fused-ring (bicyclic) bond motifs is 2. The van der Waals surface area contributed by atoms with Crippen LogP contribution in [0.4, 0.5) is 0 Å². The highest BCUT2D eigenvalue weighted by atomic mass is 16.2. The number of benzene rings is 1. The monoisotopic (exact) mass is 382 g/mol. The van der Waals surface area contributed by atoms with Gasteiger partial charge in [-0.15, -0.1) is 0 Å². The van der Waals surface area contributed by atoms with Gasteiger partial charge >= 0.3 is 0 Å². The number of nitrogens with one attached hydrogen (secondary N) is 3. The number of rotatable bonds is 5. The zero-order valence-electron chi connectivity index (χ0n) is 15.4.